The number of para-hydroxylation sites is 4. The molecule has 67 heavy (non-hydrogen) atoms. The molecule has 8 aromatic rings. The van der Waals surface area contributed by atoms with Gasteiger partial charge in [0, 0.05) is 77.6 Å². The molecule has 0 fully saturated rings. The van der Waals surface area contributed by atoms with Crippen LogP contribution in [-0.4, -0.2) is 30.3 Å². The predicted molar refractivity (Wildman–Crippen MR) is 281 cm³/mol. The zero-order valence-corrected chi connectivity index (χ0v) is 39.4. The van der Waals surface area contributed by atoms with Gasteiger partial charge in [0.2, 0.25) is 0 Å². The molecule has 0 saturated heterocycles. The van der Waals surface area contributed by atoms with Gasteiger partial charge in [0.1, 0.15) is 17.3 Å². The molecule has 4 heterocycles. The first kappa shape index (κ1) is 42.0. The summed E-state index contributed by atoms with van der Waals surface area (Å²) in [6.45, 7) is 14.3. The quantitative estimate of drug-likeness (QED) is 0.141. The second kappa shape index (κ2) is 16.3. The number of pyridine rings is 1. The van der Waals surface area contributed by atoms with Crippen molar-refractivity contribution in [1.82, 2.24) is 9.88 Å². The fourth-order valence-corrected chi connectivity index (χ4v) is 9.90. The lowest BCUT2D eigenvalue weighted by Crippen LogP contribution is -2.61. The number of benzene rings is 7. The first-order chi connectivity index (χ1) is 32.4. The molecule has 0 aliphatic carbocycles. The summed E-state index contributed by atoms with van der Waals surface area (Å²) in [5, 5.41) is 0. The molecule has 330 valence electrons. The Hall–Kier alpha value is -7.71. The van der Waals surface area contributed by atoms with Crippen LogP contribution in [0, 0.1) is 0 Å². The summed E-state index contributed by atoms with van der Waals surface area (Å²) in [5.74, 6) is 2.35. The van der Waals surface area contributed by atoms with Gasteiger partial charge in [-0.1, -0.05) is 120 Å². The number of fused-ring (bicyclic) bond motifs is 4. The maximum atomic E-state index is 6.94. The topological polar surface area (TPSA) is 38.3 Å². The monoisotopic (exact) mass is 874 g/mol. The summed E-state index contributed by atoms with van der Waals surface area (Å²) < 4.78 is 6.94. The fourth-order valence-electron chi connectivity index (χ4n) is 9.90. The van der Waals surface area contributed by atoms with Crippen molar-refractivity contribution in [1.29, 1.82) is 0 Å². The third kappa shape index (κ3) is 7.66. The Bertz CT molecular complexity index is 3060. The molecule has 1 aromatic heterocycles. The van der Waals surface area contributed by atoms with Crippen molar-refractivity contribution >= 4 is 80.1 Å². The maximum absolute atomic E-state index is 6.94. The summed E-state index contributed by atoms with van der Waals surface area (Å²) in [7, 11) is 2.09. The van der Waals surface area contributed by atoms with Gasteiger partial charge in [0.05, 0.1) is 18.0 Å². The Morgan fingerprint density at radius 1 is 0.507 bits per heavy atom. The van der Waals surface area contributed by atoms with E-state index in [1.54, 1.807) is 0 Å². The summed E-state index contributed by atoms with van der Waals surface area (Å²) in [4.78, 5) is 16.8. The van der Waals surface area contributed by atoms with E-state index in [2.05, 4.69) is 261 Å². The molecule has 0 atom stereocenters. The lowest BCUT2D eigenvalue weighted by Gasteiger charge is -2.44. The second-order valence-corrected chi connectivity index (χ2v) is 20.0. The van der Waals surface area contributed by atoms with Gasteiger partial charge in [-0.2, -0.15) is 0 Å². The van der Waals surface area contributed by atoms with Gasteiger partial charge in [-0.05, 0) is 123 Å². The molecule has 0 saturated carbocycles. The molecular weight excluding hydrogens is 820 g/mol. The molecule has 0 amide bonds. The molecule has 8 heteroatoms. The van der Waals surface area contributed by atoms with Crippen LogP contribution in [0.5, 0.6) is 11.5 Å². The van der Waals surface area contributed by atoms with Crippen LogP contribution < -0.4 is 40.7 Å². The van der Waals surface area contributed by atoms with Gasteiger partial charge >= 0.3 is 0 Å². The molecule has 7 aromatic carbocycles. The highest BCUT2D eigenvalue weighted by molar-refractivity contribution is 7.00. The van der Waals surface area contributed by atoms with Crippen LogP contribution in [0.4, 0.5) is 57.0 Å². The second-order valence-electron chi connectivity index (χ2n) is 20.0. The van der Waals surface area contributed by atoms with E-state index in [1.807, 2.05) is 6.20 Å². The maximum Gasteiger partial charge on any atom is 0.252 e. The number of rotatable bonds is 8. The molecule has 0 radical (unpaired) electrons. The number of anilines is 10. The lowest BCUT2D eigenvalue weighted by atomic mass is 9.33. The normalized spacial score (nSPS) is 13.9. The third-order valence-corrected chi connectivity index (χ3v) is 13.3. The number of hydrogen-bond acceptors (Lipinski definition) is 7. The molecule has 3 aliphatic rings. The molecule has 0 unspecified atom stereocenters. The van der Waals surface area contributed by atoms with Gasteiger partial charge in [-0.15, -0.1) is 0 Å². The van der Waals surface area contributed by atoms with E-state index in [-0.39, 0.29) is 17.5 Å². The average molecular weight is 875 g/mol. The van der Waals surface area contributed by atoms with Crippen molar-refractivity contribution in [3.8, 4) is 11.5 Å². The van der Waals surface area contributed by atoms with E-state index < -0.39 is 0 Å². The van der Waals surface area contributed by atoms with Crippen LogP contribution >= 0.6 is 0 Å². The van der Waals surface area contributed by atoms with E-state index in [1.165, 1.54) is 38.9 Å². The highest BCUT2D eigenvalue weighted by atomic mass is 16.5. The molecule has 7 nitrogen and oxygen atoms in total. The molecular formula is C59H55BN6O. The molecule has 0 bridgehead atoms. The minimum atomic E-state index is -0.111. The van der Waals surface area contributed by atoms with E-state index in [4.69, 9.17) is 9.72 Å². The van der Waals surface area contributed by atoms with Gasteiger partial charge in [-0.3, -0.25) is 4.90 Å². The Morgan fingerprint density at radius 2 is 1.10 bits per heavy atom. The standard InChI is InChI=1S/C59H55BN6O/c1-58(2,3)41-29-30-61-56(35-41)64(45-23-18-24-48(36-45)67-49-34-42(59(4,5)6)33-46(37-49)63-32-31-62(7)40-63)47-38-54-57-55(39-47)66(44-21-12-9-13-22-44)53-28-17-15-26-51(53)60(57)50-25-14-16-27-52(50)65(54)43-19-10-8-11-20-43/h8-39H,40H2,1-7H3. The van der Waals surface area contributed by atoms with Crippen LogP contribution in [0.25, 0.3) is 0 Å². The summed E-state index contributed by atoms with van der Waals surface area (Å²) >= 11 is 0. The van der Waals surface area contributed by atoms with Crippen LogP contribution in [0.1, 0.15) is 52.7 Å². The SMILES string of the molecule is CN1C=CN(c2cc(Oc3cccc(N(c4cc5c6c(c4)N(c4ccccc4)c4ccccc4B6c4ccccc4N5c4ccccc4)c4cc(C(C)(C)C)ccn4)c3)cc(C(C)(C)C)c2)C1. The highest BCUT2D eigenvalue weighted by Gasteiger charge is 2.43. The van der Waals surface area contributed by atoms with Crippen molar-refractivity contribution in [2.24, 2.45) is 0 Å². The Morgan fingerprint density at radius 3 is 1.69 bits per heavy atom. The third-order valence-electron chi connectivity index (χ3n) is 13.3. The first-order valence-corrected chi connectivity index (χ1v) is 23.3. The minimum absolute atomic E-state index is 0.00379. The molecule has 0 N–H and O–H groups in total. The molecule has 11 rings (SSSR count). The Balaban J connectivity index is 1.14. The Labute approximate surface area is 395 Å². The smallest absolute Gasteiger partial charge is 0.252 e. The zero-order valence-electron chi connectivity index (χ0n) is 39.4. The Kier molecular flexibility index (Phi) is 10.2. The summed E-state index contributed by atoms with van der Waals surface area (Å²) in [6.07, 6.45) is 6.19. The van der Waals surface area contributed by atoms with Crippen molar-refractivity contribution in [3.63, 3.8) is 0 Å². The number of hydrogen-bond donors (Lipinski definition) is 0. The van der Waals surface area contributed by atoms with Gasteiger partial charge < -0.3 is 24.3 Å². The van der Waals surface area contributed by atoms with Gasteiger partial charge in [0.25, 0.3) is 6.71 Å². The van der Waals surface area contributed by atoms with Crippen LogP contribution in [0.15, 0.2) is 195 Å². The van der Waals surface area contributed by atoms with Crippen molar-refractivity contribution in [2.75, 3.05) is 33.3 Å². The van der Waals surface area contributed by atoms with Gasteiger partial charge in [-0.25, -0.2) is 4.98 Å². The van der Waals surface area contributed by atoms with Crippen LogP contribution in [0.2, 0.25) is 0 Å². The molecule has 3 aliphatic heterocycles. The van der Waals surface area contributed by atoms with E-state index in [0.29, 0.717) is 0 Å². The minimum Gasteiger partial charge on any atom is -0.457 e. The van der Waals surface area contributed by atoms with E-state index >= 15 is 0 Å². The number of aromatic nitrogens is 1. The number of ether oxygens (including phenoxy) is 1. The molecule has 0 spiro atoms. The predicted octanol–water partition coefficient (Wildman–Crippen LogP) is 13.2. The van der Waals surface area contributed by atoms with E-state index in [9.17, 15) is 0 Å². The number of nitrogens with zero attached hydrogens (tertiary/aromatic N) is 6. The average Bonchev–Trinajstić information content (AvgIpc) is 3.78. The van der Waals surface area contributed by atoms with Crippen LogP contribution in [0.3, 0.4) is 0 Å². The van der Waals surface area contributed by atoms with Gasteiger partial charge in [0.15, 0.2) is 0 Å². The largest absolute Gasteiger partial charge is 0.457 e. The van der Waals surface area contributed by atoms with Crippen molar-refractivity contribution in [2.45, 2.75) is 52.4 Å². The first-order valence-electron chi connectivity index (χ1n) is 23.3. The summed E-state index contributed by atoms with van der Waals surface area (Å²) in [6, 6.07) is 63.6. The fraction of sp³-hybridized carbons (Fsp3) is 0.169. The summed E-state index contributed by atoms with van der Waals surface area (Å²) in [5.41, 5.74) is 15.8. The zero-order chi connectivity index (χ0) is 46.0. The van der Waals surface area contributed by atoms with Crippen LogP contribution in [-0.2, 0) is 10.8 Å². The van der Waals surface area contributed by atoms with Crippen molar-refractivity contribution < 1.29 is 4.74 Å². The van der Waals surface area contributed by atoms with E-state index in [0.717, 1.165) is 63.8 Å². The highest BCUT2D eigenvalue weighted by Crippen LogP contribution is 2.48. The lowest BCUT2D eigenvalue weighted by molar-refractivity contribution is 0.476. The van der Waals surface area contributed by atoms with Crippen molar-refractivity contribution in [3.05, 3.63) is 206 Å².